The molecule has 5 nitrogen and oxygen atoms in total. The summed E-state index contributed by atoms with van der Waals surface area (Å²) in [6.07, 6.45) is 1.55. The first-order valence-electron chi connectivity index (χ1n) is 8.89. The molecule has 1 N–H and O–H groups in total. The van der Waals surface area contributed by atoms with Crippen molar-refractivity contribution in [3.8, 4) is 17.3 Å². The van der Waals surface area contributed by atoms with E-state index in [1.54, 1.807) is 80.1 Å². The van der Waals surface area contributed by atoms with Gasteiger partial charge in [0.2, 0.25) is 5.88 Å². The minimum absolute atomic E-state index is 0.195. The minimum Gasteiger partial charge on any atom is -0.497 e. The highest BCUT2D eigenvalue weighted by molar-refractivity contribution is 6.30. The van der Waals surface area contributed by atoms with Crippen LogP contribution in [0.2, 0.25) is 5.02 Å². The Morgan fingerprint density at radius 3 is 2.45 bits per heavy atom. The molecule has 4 rings (SSSR count). The van der Waals surface area contributed by atoms with Crippen LogP contribution in [0.1, 0.15) is 5.56 Å². The Balaban J connectivity index is 1.96. The smallest absolute Gasteiger partial charge is 0.265 e. The Labute approximate surface area is 172 Å². The predicted octanol–water partition coefficient (Wildman–Crippen LogP) is 5.11. The fourth-order valence-electron chi connectivity index (χ4n) is 3.14. The van der Waals surface area contributed by atoms with Crippen molar-refractivity contribution in [3.63, 3.8) is 0 Å². The molecule has 0 fully saturated rings. The third kappa shape index (κ3) is 3.60. The number of ether oxygens (including phenoxy) is 1. The number of methoxy groups -OCH3 is 1. The summed E-state index contributed by atoms with van der Waals surface area (Å²) < 4.78 is 6.51. The van der Waals surface area contributed by atoms with Crippen LogP contribution in [0.3, 0.4) is 0 Å². The van der Waals surface area contributed by atoms with Gasteiger partial charge in [-0.15, -0.1) is 0 Å². The van der Waals surface area contributed by atoms with Gasteiger partial charge >= 0.3 is 0 Å². The lowest BCUT2D eigenvalue weighted by atomic mass is 10.1. The van der Waals surface area contributed by atoms with Crippen molar-refractivity contribution in [1.82, 2.24) is 4.57 Å². The number of benzene rings is 3. The Hall–Kier alpha value is -3.57. The first kappa shape index (κ1) is 18.8. The number of halogens is 1. The van der Waals surface area contributed by atoms with Gasteiger partial charge < -0.3 is 9.84 Å². The van der Waals surface area contributed by atoms with Crippen molar-refractivity contribution < 1.29 is 9.84 Å². The quantitative estimate of drug-likeness (QED) is 0.481. The number of nitrogens with zero attached hydrogens (tertiary/aromatic N) is 2. The highest BCUT2D eigenvalue weighted by atomic mass is 35.5. The molecule has 0 bridgehead atoms. The summed E-state index contributed by atoms with van der Waals surface area (Å²) in [4.78, 5) is 17.6. The zero-order valence-corrected chi connectivity index (χ0v) is 16.3. The van der Waals surface area contributed by atoms with E-state index in [9.17, 15) is 9.90 Å². The lowest BCUT2D eigenvalue weighted by Crippen LogP contribution is -2.20. The van der Waals surface area contributed by atoms with Crippen molar-refractivity contribution in [2.45, 2.75) is 0 Å². The highest BCUT2D eigenvalue weighted by Gasteiger charge is 2.16. The van der Waals surface area contributed by atoms with E-state index in [0.29, 0.717) is 38.5 Å². The molecule has 0 unspecified atom stereocenters. The third-order valence-electron chi connectivity index (χ3n) is 4.58. The number of rotatable bonds is 4. The average molecular weight is 405 g/mol. The summed E-state index contributed by atoms with van der Waals surface area (Å²) in [6, 6.07) is 21.1. The van der Waals surface area contributed by atoms with Crippen LogP contribution < -0.4 is 10.3 Å². The van der Waals surface area contributed by atoms with Crippen LogP contribution in [0.15, 0.2) is 82.6 Å². The molecule has 0 spiro atoms. The minimum atomic E-state index is -0.324. The number of fused-ring (bicyclic) bond motifs is 1. The molecule has 29 heavy (non-hydrogen) atoms. The maximum atomic E-state index is 13.1. The van der Waals surface area contributed by atoms with Gasteiger partial charge in [-0.3, -0.25) is 9.79 Å². The van der Waals surface area contributed by atoms with E-state index in [-0.39, 0.29) is 11.4 Å². The average Bonchev–Trinajstić information content (AvgIpc) is 2.75. The molecule has 0 radical (unpaired) electrons. The molecule has 0 atom stereocenters. The van der Waals surface area contributed by atoms with Crippen molar-refractivity contribution >= 4 is 34.3 Å². The topological polar surface area (TPSA) is 63.8 Å². The molecule has 6 heteroatoms. The molecule has 4 aromatic rings. The summed E-state index contributed by atoms with van der Waals surface area (Å²) in [5.41, 5.74) is 1.30. The van der Waals surface area contributed by atoms with Crippen molar-refractivity contribution in [3.05, 3.63) is 93.7 Å². The molecular weight excluding hydrogens is 388 g/mol. The van der Waals surface area contributed by atoms with Gasteiger partial charge in [-0.1, -0.05) is 35.9 Å². The zero-order valence-electron chi connectivity index (χ0n) is 15.5. The molecule has 0 aliphatic heterocycles. The van der Waals surface area contributed by atoms with Crippen LogP contribution in [-0.4, -0.2) is 23.0 Å². The second-order valence-electron chi connectivity index (χ2n) is 6.36. The van der Waals surface area contributed by atoms with Gasteiger partial charge in [0, 0.05) is 28.1 Å². The van der Waals surface area contributed by atoms with Crippen molar-refractivity contribution in [2.24, 2.45) is 4.99 Å². The Kier molecular flexibility index (Phi) is 5.06. The normalized spacial score (nSPS) is 11.2. The molecule has 144 valence electrons. The van der Waals surface area contributed by atoms with Crippen LogP contribution in [0, 0.1) is 0 Å². The third-order valence-corrected chi connectivity index (χ3v) is 4.84. The summed E-state index contributed by atoms with van der Waals surface area (Å²) in [5, 5.41) is 12.7. The van der Waals surface area contributed by atoms with E-state index in [4.69, 9.17) is 16.3 Å². The number of aromatic nitrogens is 1. The number of aliphatic imine (C=N–C) groups is 1. The van der Waals surface area contributed by atoms with Gasteiger partial charge in [-0.2, -0.15) is 0 Å². The Morgan fingerprint density at radius 2 is 1.72 bits per heavy atom. The van der Waals surface area contributed by atoms with Gasteiger partial charge in [0.05, 0.1) is 24.0 Å². The van der Waals surface area contributed by atoms with Gasteiger partial charge in [-0.05, 0) is 42.5 Å². The predicted molar refractivity (Wildman–Crippen MR) is 116 cm³/mol. The van der Waals surface area contributed by atoms with E-state index in [1.807, 2.05) is 6.07 Å². The molecule has 0 saturated carbocycles. The molecule has 0 aliphatic rings. The van der Waals surface area contributed by atoms with Gasteiger partial charge in [0.15, 0.2) is 0 Å². The van der Waals surface area contributed by atoms with Gasteiger partial charge in [0.1, 0.15) is 5.75 Å². The molecule has 0 aliphatic carbocycles. The number of aromatic hydroxyl groups is 1. The Morgan fingerprint density at radius 1 is 1.00 bits per heavy atom. The molecule has 1 aromatic heterocycles. The molecule has 0 amide bonds. The first-order valence-corrected chi connectivity index (χ1v) is 9.27. The largest absolute Gasteiger partial charge is 0.497 e. The summed E-state index contributed by atoms with van der Waals surface area (Å²) in [6.45, 7) is 0. The number of hydrogen-bond acceptors (Lipinski definition) is 4. The summed E-state index contributed by atoms with van der Waals surface area (Å²) in [5.74, 6) is 0.387. The van der Waals surface area contributed by atoms with Crippen LogP contribution in [0.4, 0.5) is 5.69 Å². The van der Waals surface area contributed by atoms with E-state index < -0.39 is 0 Å². The molecule has 0 saturated heterocycles. The van der Waals surface area contributed by atoms with Gasteiger partial charge in [0.25, 0.3) is 5.56 Å². The van der Waals surface area contributed by atoms with E-state index >= 15 is 0 Å². The lowest BCUT2D eigenvalue weighted by Gasteiger charge is -2.14. The van der Waals surface area contributed by atoms with Crippen LogP contribution in [-0.2, 0) is 0 Å². The molecule has 3 aromatic carbocycles. The second kappa shape index (κ2) is 7.81. The SMILES string of the molecule is COc1cccc(-n2c(O)c(C=Nc3ccc(Cl)cc3)c3ccccc3c2=O)c1. The second-order valence-corrected chi connectivity index (χ2v) is 6.80. The maximum Gasteiger partial charge on any atom is 0.265 e. The van der Waals surface area contributed by atoms with E-state index in [0.717, 1.165) is 0 Å². The molecular formula is C23H17ClN2O3. The van der Waals surface area contributed by atoms with Crippen molar-refractivity contribution in [1.29, 1.82) is 0 Å². The fraction of sp³-hybridized carbons (Fsp3) is 0.0435. The Bertz CT molecular complexity index is 1280. The summed E-state index contributed by atoms with van der Waals surface area (Å²) >= 11 is 5.92. The van der Waals surface area contributed by atoms with E-state index in [1.165, 1.54) is 4.57 Å². The van der Waals surface area contributed by atoms with Gasteiger partial charge in [-0.25, -0.2) is 4.57 Å². The monoisotopic (exact) mass is 404 g/mol. The standard InChI is InChI=1S/C23H17ClN2O3/c1-29-18-6-4-5-17(13-18)26-22(27)20-8-3-2-7-19(20)21(23(26)28)14-25-16-11-9-15(24)10-12-16/h2-14,28H,1H3. The fourth-order valence-corrected chi connectivity index (χ4v) is 3.27. The number of pyridine rings is 1. The van der Waals surface area contributed by atoms with Crippen LogP contribution >= 0.6 is 11.6 Å². The van der Waals surface area contributed by atoms with Crippen molar-refractivity contribution in [2.75, 3.05) is 7.11 Å². The van der Waals surface area contributed by atoms with E-state index in [2.05, 4.69) is 4.99 Å². The van der Waals surface area contributed by atoms with Crippen LogP contribution in [0.25, 0.3) is 16.5 Å². The summed E-state index contributed by atoms with van der Waals surface area (Å²) in [7, 11) is 1.55. The first-order chi connectivity index (χ1) is 14.1. The zero-order chi connectivity index (χ0) is 20.4. The van der Waals surface area contributed by atoms with Crippen LogP contribution in [0.5, 0.6) is 11.6 Å². The highest BCUT2D eigenvalue weighted by Crippen LogP contribution is 2.28. The number of hydrogen-bond donors (Lipinski definition) is 1. The lowest BCUT2D eigenvalue weighted by molar-refractivity contribution is 0.413. The molecule has 1 heterocycles. The maximum absolute atomic E-state index is 13.1.